The summed E-state index contributed by atoms with van der Waals surface area (Å²) in [4.78, 5) is 40.0. The molecule has 43 heavy (non-hydrogen) atoms. The van der Waals surface area contributed by atoms with Crippen LogP contribution in [0.15, 0.2) is 108 Å². The van der Waals surface area contributed by atoms with Crippen LogP contribution in [-0.2, 0) is 9.59 Å². The van der Waals surface area contributed by atoms with E-state index in [0.29, 0.717) is 23.6 Å². The van der Waals surface area contributed by atoms with Crippen molar-refractivity contribution in [3.8, 4) is 5.75 Å². The van der Waals surface area contributed by atoms with E-state index in [2.05, 4.69) is 16.0 Å². The molecule has 0 aliphatic carbocycles. The maximum Gasteiger partial charge on any atom is 0.272 e. The molecule has 0 heterocycles. The number of rotatable bonds is 11. The lowest BCUT2D eigenvalue weighted by Gasteiger charge is -2.15. The van der Waals surface area contributed by atoms with Crippen LogP contribution < -0.4 is 20.7 Å². The summed E-state index contributed by atoms with van der Waals surface area (Å²) in [6.45, 7) is 8.27. The maximum atomic E-state index is 13.4. The van der Waals surface area contributed by atoms with Crippen LogP contribution in [0, 0.1) is 13.8 Å². The fourth-order valence-electron chi connectivity index (χ4n) is 4.11. The standard InChI is InChI=1S/C35H35N3O4S/c1-5-42-29-17-13-26(14-18-29)22-32(38-34(40)27-9-7-6-8-10-27)35(41)36-28-15-19-30(20-16-28)43-25(4)33(39)37-31-21-23(2)11-12-24(31)3/h6-22,25H,5H2,1-4H3,(H,36,41)(H,37,39)(H,38,40)/b32-22-. The van der Waals surface area contributed by atoms with Gasteiger partial charge in [-0.05, 0) is 105 Å². The predicted octanol–water partition coefficient (Wildman–Crippen LogP) is 7.23. The van der Waals surface area contributed by atoms with Crippen molar-refractivity contribution in [3.05, 3.63) is 125 Å². The molecule has 0 aliphatic rings. The van der Waals surface area contributed by atoms with Gasteiger partial charge in [-0.2, -0.15) is 0 Å². The van der Waals surface area contributed by atoms with Crippen LogP contribution in [0.3, 0.4) is 0 Å². The molecule has 8 heteroatoms. The summed E-state index contributed by atoms with van der Waals surface area (Å²) in [6, 6.07) is 29.2. The molecule has 220 valence electrons. The summed E-state index contributed by atoms with van der Waals surface area (Å²) >= 11 is 1.42. The summed E-state index contributed by atoms with van der Waals surface area (Å²) in [5.74, 6) is -0.240. The Hall–Kier alpha value is -4.82. The first-order valence-electron chi connectivity index (χ1n) is 14.0. The average Bonchev–Trinajstić information content (AvgIpc) is 3.01. The average molecular weight is 594 g/mol. The van der Waals surface area contributed by atoms with E-state index in [1.165, 1.54) is 11.8 Å². The quantitative estimate of drug-likeness (QED) is 0.126. The molecular formula is C35H35N3O4S. The molecule has 0 bridgehead atoms. The molecule has 1 unspecified atom stereocenters. The lowest BCUT2D eigenvalue weighted by Crippen LogP contribution is -2.30. The number of hydrogen-bond donors (Lipinski definition) is 3. The van der Waals surface area contributed by atoms with E-state index in [4.69, 9.17) is 4.74 Å². The molecule has 0 saturated heterocycles. The van der Waals surface area contributed by atoms with Crippen LogP contribution in [-0.4, -0.2) is 29.6 Å². The molecule has 0 aliphatic heterocycles. The van der Waals surface area contributed by atoms with Crippen LogP contribution in [0.4, 0.5) is 11.4 Å². The van der Waals surface area contributed by atoms with E-state index < -0.39 is 11.8 Å². The first-order chi connectivity index (χ1) is 20.7. The molecular weight excluding hydrogens is 558 g/mol. The fraction of sp³-hybridized carbons (Fsp3) is 0.171. The van der Waals surface area contributed by atoms with Crippen molar-refractivity contribution in [2.45, 2.75) is 37.8 Å². The molecule has 4 aromatic carbocycles. The van der Waals surface area contributed by atoms with E-state index >= 15 is 0 Å². The second-order valence-electron chi connectivity index (χ2n) is 9.93. The Balaban J connectivity index is 1.44. The highest BCUT2D eigenvalue weighted by Crippen LogP contribution is 2.27. The minimum Gasteiger partial charge on any atom is -0.494 e. The molecule has 3 N–H and O–H groups in total. The number of carbonyl (C=O) groups is 3. The third kappa shape index (κ3) is 9.08. The van der Waals surface area contributed by atoms with Crippen molar-refractivity contribution in [2.75, 3.05) is 17.2 Å². The van der Waals surface area contributed by atoms with Crippen LogP contribution in [0.2, 0.25) is 0 Å². The van der Waals surface area contributed by atoms with E-state index in [-0.39, 0.29) is 16.9 Å². The van der Waals surface area contributed by atoms with Crippen LogP contribution >= 0.6 is 11.8 Å². The van der Waals surface area contributed by atoms with Gasteiger partial charge in [0.2, 0.25) is 5.91 Å². The summed E-state index contributed by atoms with van der Waals surface area (Å²) in [5.41, 5.74) is 4.69. The van der Waals surface area contributed by atoms with Crippen LogP contribution in [0.1, 0.15) is 40.9 Å². The third-order valence-corrected chi connectivity index (χ3v) is 7.59. The van der Waals surface area contributed by atoms with Crippen molar-refractivity contribution in [1.29, 1.82) is 0 Å². The highest BCUT2D eigenvalue weighted by molar-refractivity contribution is 8.00. The molecule has 1 atom stereocenters. The van der Waals surface area contributed by atoms with E-state index in [1.807, 2.05) is 88.4 Å². The second kappa shape index (κ2) is 14.9. The Morgan fingerprint density at radius 1 is 0.860 bits per heavy atom. The molecule has 0 radical (unpaired) electrons. The number of carbonyl (C=O) groups excluding carboxylic acids is 3. The van der Waals surface area contributed by atoms with E-state index in [0.717, 1.165) is 27.3 Å². The van der Waals surface area contributed by atoms with Crippen LogP contribution in [0.25, 0.3) is 6.08 Å². The number of thioether (sulfide) groups is 1. The Bertz CT molecular complexity index is 1600. The first kappa shape index (κ1) is 31.1. The minimum absolute atomic E-state index is 0.0886. The van der Waals surface area contributed by atoms with Gasteiger partial charge < -0.3 is 20.7 Å². The number of nitrogens with one attached hydrogen (secondary N) is 3. The highest BCUT2D eigenvalue weighted by Gasteiger charge is 2.17. The van der Waals surface area contributed by atoms with Gasteiger partial charge >= 0.3 is 0 Å². The molecule has 4 rings (SSSR count). The molecule has 3 amide bonds. The molecule has 0 spiro atoms. The Labute approximate surface area is 256 Å². The Morgan fingerprint density at radius 3 is 2.23 bits per heavy atom. The van der Waals surface area contributed by atoms with Crippen LogP contribution in [0.5, 0.6) is 5.75 Å². The zero-order valence-corrected chi connectivity index (χ0v) is 25.5. The molecule has 7 nitrogen and oxygen atoms in total. The summed E-state index contributed by atoms with van der Waals surface area (Å²) in [6.07, 6.45) is 1.62. The molecule has 0 saturated carbocycles. The SMILES string of the molecule is CCOc1ccc(/C=C(\NC(=O)c2ccccc2)C(=O)Nc2ccc(SC(C)C(=O)Nc3cc(C)ccc3C)cc2)cc1. The number of amides is 3. The minimum atomic E-state index is -0.472. The van der Waals surface area contributed by atoms with Gasteiger partial charge in [0, 0.05) is 21.8 Å². The molecule has 0 aromatic heterocycles. The van der Waals surface area contributed by atoms with Gasteiger partial charge in [0.25, 0.3) is 11.8 Å². The van der Waals surface area contributed by atoms with Crippen molar-refractivity contribution in [3.63, 3.8) is 0 Å². The van der Waals surface area contributed by atoms with Gasteiger partial charge in [-0.25, -0.2) is 0 Å². The highest BCUT2D eigenvalue weighted by atomic mass is 32.2. The largest absolute Gasteiger partial charge is 0.494 e. The lowest BCUT2D eigenvalue weighted by molar-refractivity contribution is -0.115. The third-order valence-electron chi connectivity index (χ3n) is 6.48. The first-order valence-corrected chi connectivity index (χ1v) is 14.9. The fourth-order valence-corrected chi connectivity index (χ4v) is 4.98. The normalized spacial score (nSPS) is 11.8. The van der Waals surface area contributed by atoms with Gasteiger partial charge in [-0.3, -0.25) is 14.4 Å². The number of anilines is 2. The van der Waals surface area contributed by atoms with Crippen molar-refractivity contribution < 1.29 is 19.1 Å². The van der Waals surface area contributed by atoms with E-state index in [9.17, 15) is 14.4 Å². The monoisotopic (exact) mass is 593 g/mol. The summed E-state index contributed by atoms with van der Waals surface area (Å²) in [7, 11) is 0. The maximum absolute atomic E-state index is 13.4. The van der Waals surface area contributed by atoms with Gasteiger partial charge in [0.15, 0.2) is 0 Å². The zero-order valence-electron chi connectivity index (χ0n) is 24.6. The van der Waals surface area contributed by atoms with Gasteiger partial charge in [0.05, 0.1) is 11.9 Å². The number of hydrogen-bond acceptors (Lipinski definition) is 5. The van der Waals surface area contributed by atoms with E-state index in [1.54, 1.807) is 42.5 Å². The summed E-state index contributed by atoms with van der Waals surface area (Å²) < 4.78 is 5.50. The zero-order chi connectivity index (χ0) is 30.8. The summed E-state index contributed by atoms with van der Waals surface area (Å²) in [5, 5.41) is 8.29. The number of ether oxygens (including phenoxy) is 1. The topological polar surface area (TPSA) is 96.5 Å². The number of aryl methyl sites for hydroxylation is 2. The number of benzene rings is 4. The Morgan fingerprint density at radius 2 is 1.56 bits per heavy atom. The van der Waals surface area contributed by atoms with Gasteiger partial charge in [0.1, 0.15) is 11.4 Å². The van der Waals surface area contributed by atoms with Gasteiger partial charge in [-0.1, -0.05) is 42.5 Å². The second-order valence-corrected chi connectivity index (χ2v) is 11.3. The molecule has 4 aromatic rings. The van der Waals surface area contributed by atoms with Crippen molar-refractivity contribution in [1.82, 2.24) is 5.32 Å². The van der Waals surface area contributed by atoms with Crippen molar-refractivity contribution >= 4 is 46.9 Å². The van der Waals surface area contributed by atoms with Gasteiger partial charge in [-0.15, -0.1) is 11.8 Å². The smallest absolute Gasteiger partial charge is 0.272 e. The van der Waals surface area contributed by atoms with Crippen molar-refractivity contribution in [2.24, 2.45) is 0 Å². The molecule has 0 fully saturated rings. The lowest BCUT2D eigenvalue weighted by atomic mass is 10.1. The predicted molar refractivity (Wildman–Crippen MR) is 174 cm³/mol. The Kier molecular flexibility index (Phi) is 10.8.